The molecule has 0 atom stereocenters. The first-order chi connectivity index (χ1) is 17.2. The van der Waals surface area contributed by atoms with Crippen LogP contribution in [0.2, 0.25) is 0 Å². The van der Waals surface area contributed by atoms with Crippen LogP contribution in [-0.4, -0.2) is 66.7 Å². The van der Waals surface area contributed by atoms with Crippen molar-refractivity contribution in [2.24, 2.45) is 0 Å². The van der Waals surface area contributed by atoms with Crippen molar-refractivity contribution in [3.63, 3.8) is 0 Å². The number of morpholine rings is 1. The van der Waals surface area contributed by atoms with Gasteiger partial charge in [-0.05, 0) is 43.2 Å². The Morgan fingerprint density at radius 2 is 1.86 bits per heavy atom. The number of hydrogen-bond acceptors (Lipinski definition) is 6. The van der Waals surface area contributed by atoms with E-state index in [-0.39, 0.29) is 5.91 Å². The zero-order valence-corrected chi connectivity index (χ0v) is 20.3. The molecule has 0 saturated carbocycles. The van der Waals surface area contributed by atoms with Crippen molar-refractivity contribution < 1.29 is 13.9 Å². The number of carbonyl (C=O) groups is 1. The van der Waals surface area contributed by atoms with Gasteiger partial charge in [-0.2, -0.15) is 5.10 Å². The highest BCUT2D eigenvalue weighted by molar-refractivity contribution is 6.05. The number of aromatic nitrogens is 3. The molecular formula is C26H33FN6O2. The van der Waals surface area contributed by atoms with E-state index in [0.29, 0.717) is 56.2 Å². The van der Waals surface area contributed by atoms with Gasteiger partial charge in [0.2, 0.25) is 0 Å². The van der Waals surface area contributed by atoms with Gasteiger partial charge < -0.3 is 19.9 Å². The molecule has 2 saturated heterocycles. The Bertz CT molecular complexity index is 1090. The molecule has 3 aromatic rings. The molecule has 0 aliphatic carbocycles. The fourth-order valence-corrected chi connectivity index (χ4v) is 4.29. The van der Waals surface area contributed by atoms with Crippen LogP contribution >= 0.6 is 0 Å². The number of aromatic amines is 1. The molecule has 5 rings (SSSR count). The number of pyridine rings is 1. The van der Waals surface area contributed by atoms with Gasteiger partial charge in [-0.1, -0.05) is 19.9 Å². The van der Waals surface area contributed by atoms with E-state index in [4.69, 9.17) is 4.74 Å². The van der Waals surface area contributed by atoms with Crippen molar-refractivity contribution in [2.75, 3.05) is 54.5 Å². The van der Waals surface area contributed by atoms with Crippen molar-refractivity contribution in [1.82, 2.24) is 15.2 Å². The summed E-state index contributed by atoms with van der Waals surface area (Å²) >= 11 is 0. The molecule has 186 valence electrons. The van der Waals surface area contributed by atoms with Crippen LogP contribution in [-0.2, 0) is 4.74 Å². The maximum Gasteiger partial charge on any atom is 0.274 e. The van der Waals surface area contributed by atoms with Gasteiger partial charge in [0, 0.05) is 43.6 Å². The second-order valence-electron chi connectivity index (χ2n) is 8.31. The molecule has 9 heteroatoms. The smallest absolute Gasteiger partial charge is 0.274 e. The highest BCUT2D eigenvalue weighted by Gasteiger charge is 2.23. The predicted octanol–water partition coefficient (Wildman–Crippen LogP) is 4.53. The Morgan fingerprint density at radius 1 is 1.09 bits per heavy atom. The number of hydrogen-bond donors (Lipinski definition) is 2. The topological polar surface area (TPSA) is 86.4 Å². The summed E-state index contributed by atoms with van der Waals surface area (Å²) in [6.45, 7) is 8.26. The van der Waals surface area contributed by atoms with Crippen LogP contribution in [0.4, 0.5) is 21.5 Å². The lowest BCUT2D eigenvalue weighted by molar-refractivity contribution is 0.102. The predicted molar refractivity (Wildman–Crippen MR) is 137 cm³/mol. The standard InChI is InChI=1S/C24H27FN6O2.C2H6/c25-18-6-8-31(9-7-18)23-14-19(30-10-12-33-13-11-30)4-5-21(23)29-24(32)22-3-1-2-20(28-22)17-15-26-27-16-17;1-2/h1-5,14-16,18H,6-13H2,(H,26,27)(H,29,32);1-2H3. The quantitative estimate of drug-likeness (QED) is 0.558. The first-order valence-corrected chi connectivity index (χ1v) is 12.3. The number of H-pyrrole nitrogens is 1. The van der Waals surface area contributed by atoms with Gasteiger partial charge in [0.1, 0.15) is 11.9 Å². The third kappa shape index (κ3) is 5.97. The largest absolute Gasteiger partial charge is 0.378 e. The molecule has 2 aliphatic rings. The average Bonchev–Trinajstić information content (AvgIpc) is 3.46. The highest BCUT2D eigenvalue weighted by atomic mass is 19.1. The van der Waals surface area contributed by atoms with Gasteiger partial charge in [0.25, 0.3) is 5.91 Å². The SMILES string of the molecule is CC.O=C(Nc1ccc(N2CCOCC2)cc1N1CCC(F)CC1)c1cccc(-c2cn[nH]c2)n1. The molecule has 2 aromatic heterocycles. The molecule has 0 unspecified atom stereocenters. The van der Waals surface area contributed by atoms with Crippen molar-refractivity contribution >= 4 is 23.0 Å². The molecule has 8 nitrogen and oxygen atoms in total. The molecule has 1 aromatic carbocycles. The number of nitrogens with zero attached hydrogens (tertiary/aromatic N) is 4. The van der Waals surface area contributed by atoms with Crippen LogP contribution in [0, 0.1) is 0 Å². The van der Waals surface area contributed by atoms with E-state index < -0.39 is 6.17 Å². The Hall–Kier alpha value is -3.46. The first-order valence-electron chi connectivity index (χ1n) is 12.3. The summed E-state index contributed by atoms with van der Waals surface area (Å²) in [6.07, 6.45) is 3.62. The number of carbonyl (C=O) groups excluding carboxylic acids is 1. The molecule has 35 heavy (non-hydrogen) atoms. The van der Waals surface area contributed by atoms with Crippen LogP contribution in [0.1, 0.15) is 37.2 Å². The number of amides is 1. The lowest BCUT2D eigenvalue weighted by Crippen LogP contribution is -2.37. The summed E-state index contributed by atoms with van der Waals surface area (Å²) in [5.41, 5.74) is 4.49. The molecule has 2 fully saturated rings. The van der Waals surface area contributed by atoms with Gasteiger partial charge in [-0.3, -0.25) is 9.89 Å². The second kappa shape index (κ2) is 11.8. The fourth-order valence-electron chi connectivity index (χ4n) is 4.29. The van der Waals surface area contributed by atoms with Gasteiger partial charge >= 0.3 is 0 Å². The summed E-state index contributed by atoms with van der Waals surface area (Å²) in [6, 6.07) is 11.4. The number of rotatable bonds is 5. The lowest BCUT2D eigenvalue weighted by Gasteiger charge is -2.34. The lowest BCUT2D eigenvalue weighted by atomic mass is 10.1. The Morgan fingerprint density at radius 3 is 2.57 bits per heavy atom. The van der Waals surface area contributed by atoms with E-state index in [1.165, 1.54) is 0 Å². The summed E-state index contributed by atoms with van der Waals surface area (Å²) in [5.74, 6) is -0.291. The molecule has 0 radical (unpaired) electrons. The molecule has 2 N–H and O–H groups in total. The van der Waals surface area contributed by atoms with Crippen LogP contribution in [0.25, 0.3) is 11.3 Å². The summed E-state index contributed by atoms with van der Waals surface area (Å²) < 4.78 is 19.3. The van der Waals surface area contributed by atoms with Gasteiger partial charge in [0.15, 0.2) is 0 Å². The van der Waals surface area contributed by atoms with E-state index in [1.54, 1.807) is 24.5 Å². The van der Waals surface area contributed by atoms with Gasteiger partial charge in [-0.25, -0.2) is 9.37 Å². The van der Waals surface area contributed by atoms with E-state index in [0.717, 1.165) is 30.0 Å². The molecule has 4 heterocycles. The van der Waals surface area contributed by atoms with E-state index in [9.17, 15) is 9.18 Å². The van der Waals surface area contributed by atoms with Crippen molar-refractivity contribution in [2.45, 2.75) is 32.9 Å². The second-order valence-corrected chi connectivity index (χ2v) is 8.31. The van der Waals surface area contributed by atoms with Crippen LogP contribution < -0.4 is 15.1 Å². The monoisotopic (exact) mass is 480 g/mol. The third-order valence-corrected chi connectivity index (χ3v) is 6.15. The minimum Gasteiger partial charge on any atom is -0.378 e. The zero-order valence-electron chi connectivity index (χ0n) is 20.3. The minimum absolute atomic E-state index is 0.291. The molecular weight excluding hydrogens is 447 g/mol. The first kappa shape index (κ1) is 24.7. The number of anilines is 3. The fraction of sp³-hybridized carbons (Fsp3) is 0.423. The number of nitrogens with one attached hydrogen (secondary N) is 2. The van der Waals surface area contributed by atoms with Crippen molar-refractivity contribution in [1.29, 1.82) is 0 Å². The summed E-state index contributed by atoms with van der Waals surface area (Å²) in [7, 11) is 0. The number of benzene rings is 1. The Balaban J connectivity index is 0.00000141. The van der Waals surface area contributed by atoms with E-state index in [2.05, 4.69) is 36.4 Å². The van der Waals surface area contributed by atoms with Gasteiger partial charge in [-0.15, -0.1) is 0 Å². The van der Waals surface area contributed by atoms with Crippen LogP contribution in [0.5, 0.6) is 0 Å². The molecule has 0 bridgehead atoms. The number of ether oxygens (including phenoxy) is 1. The normalized spacial score (nSPS) is 16.4. The average molecular weight is 481 g/mol. The van der Waals surface area contributed by atoms with Crippen molar-refractivity contribution in [3.05, 3.63) is 54.5 Å². The van der Waals surface area contributed by atoms with Gasteiger partial charge in [0.05, 0.1) is 36.5 Å². The molecule has 1 amide bonds. The minimum atomic E-state index is -0.767. The highest BCUT2D eigenvalue weighted by Crippen LogP contribution is 2.34. The number of piperidine rings is 1. The maximum atomic E-state index is 13.8. The maximum absolute atomic E-state index is 13.8. The molecule has 0 spiro atoms. The molecule has 2 aliphatic heterocycles. The third-order valence-electron chi connectivity index (χ3n) is 6.15. The Labute approximate surface area is 205 Å². The van der Waals surface area contributed by atoms with Crippen molar-refractivity contribution in [3.8, 4) is 11.3 Å². The van der Waals surface area contributed by atoms with Crippen LogP contribution in [0.15, 0.2) is 48.8 Å². The summed E-state index contributed by atoms with van der Waals surface area (Å²) in [5, 5.41) is 9.74. The van der Waals surface area contributed by atoms with E-state index in [1.807, 2.05) is 32.0 Å². The zero-order chi connectivity index (χ0) is 24.6. The van der Waals surface area contributed by atoms with Crippen LogP contribution in [0.3, 0.4) is 0 Å². The number of alkyl halides is 1. The Kier molecular flexibility index (Phi) is 8.31. The van der Waals surface area contributed by atoms with E-state index >= 15 is 0 Å². The summed E-state index contributed by atoms with van der Waals surface area (Å²) in [4.78, 5) is 22.0. The number of halogens is 1.